The maximum Gasteiger partial charge on any atom is 0.131 e. The molecule has 1 nitrogen and oxygen atoms in total. The molecular weight excluding hydrogens is 318 g/mol. The van der Waals surface area contributed by atoms with Crippen LogP contribution >= 0.6 is 0 Å². The highest BCUT2D eigenvalue weighted by Gasteiger charge is 2.54. The maximum absolute atomic E-state index is 4.44. The molecule has 5 aliphatic carbocycles. The van der Waals surface area contributed by atoms with Crippen LogP contribution in [0, 0.1) is 17.8 Å². The van der Waals surface area contributed by atoms with Crippen molar-refractivity contribution < 1.29 is 0 Å². The van der Waals surface area contributed by atoms with Crippen LogP contribution in [0.2, 0.25) is 13.1 Å². The van der Waals surface area contributed by atoms with E-state index in [1.54, 1.807) is 11.1 Å². The van der Waals surface area contributed by atoms with Crippen LogP contribution in [0.3, 0.4) is 0 Å². The van der Waals surface area contributed by atoms with Crippen molar-refractivity contribution in [3.8, 4) is 0 Å². The molecule has 1 aromatic carbocycles. The molecule has 0 heterocycles. The minimum Gasteiger partial charge on any atom is -0.331 e. The first-order valence-electron chi connectivity index (χ1n) is 10.4. The average Bonchev–Trinajstić information content (AvgIpc) is 2.77. The maximum atomic E-state index is 4.44. The van der Waals surface area contributed by atoms with Crippen LogP contribution in [-0.4, -0.2) is 13.8 Å². The topological polar surface area (TPSA) is 12.0 Å². The largest absolute Gasteiger partial charge is 0.331 e. The van der Waals surface area contributed by atoms with Gasteiger partial charge < -0.3 is 4.98 Å². The zero-order valence-electron chi connectivity index (χ0n) is 16.4. The second kappa shape index (κ2) is 5.33. The summed E-state index contributed by atoms with van der Waals surface area (Å²) in [4.78, 5) is 4.44. The SMILES string of the molecule is CC1=C(C)C([Si](C)(C)NC23CC4CC(CC(C4)C2)C3)c2ccccc21. The van der Waals surface area contributed by atoms with Crippen LogP contribution in [-0.2, 0) is 0 Å². The Morgan fingerprint density at radius 1 is 0.920 bits per heavy atom. The lowest BCUT2D eigenvalue weighted by molar-refractivity contribution is -0.00983. The van der Waals surface area contributed by atoms with Crippen LogP contribution in [0.4, 0.5) is 0 Å². The highest BCUT2D eigenvalue weighted by Crippen LogP contribution is 2.57. The second-order valence-electron chi connectivity index (χ2n) is 10.4. The molecule has 1 N–H and O–H groups in total. The molecule has 1 unspecified atom stereocenters. The van der Waals surface area contributed by atoms with Gasteiger partial charge in [0.05, 0.1) is 0 Å². The molecule has 0 amide bonds. The van der Waals surface area contributed by atoms with E-state index in [0.29, 0.717) is 11.1 Å². The molecule has 1 atom stereocenters. The number of hydrogen-bond donors (Lipinski definition) is 1. The van der Waals surface area contributed by atoms with Crippen molar-refractivity contribution in [2.24, 2.45) is 17.8 Å². The molecule has 0 spiro atoms. The molecule has 4 saturated carbocycles. The van der Waals surface area contributed by atoms with Crippen LogP contribution in [0.1, 0.15) is 69.0 Å². The number of nitrogens with one attached hydrogen (secondary N) is 1. The van der Waals surface area contributed by atoms with Gasteiger partial charge >= 0.3 is 0 Å². The van der Waals surface area contributed by atoms with Crippen LogP contribution in [0.5, 0.6) is 0 Å². The summed E-state index contributed by atoms with van der Waals surface area (Å²) < 4.78 is 0. The molecule has 134 valence electrons. The number of hydrogen-bond acceptors (Lipinski definition) is 1. The van der Waals surface area contributed by atoms with E-state index < -0.39 is 8.24 Å². The van der Waals surface area contributed by atoms with Gasteiger partial charge in [0, 0.05) is 11.1 Å². The summed E-state index contributed by atoms with van der Waals surface area (Å²) in [6, 6.07) is 9.19. The Morgan fingerprint density at radius 3 is 2.08 bits per heavy atom. The fraction of sp³-hybridized carbons (Fsp3) is 0.652. The Labute approximate surface area is 154 Å². The molecule has 5 aliphatic rings. The fourth-order valence-corrected chi connectivity index (χ4v) is 11.8. The highest BCUT2D eigenvalue weighted by atomic mass is 28.3. The zero-order valence-corrected chi connectivity index (χ0v) is 17.4. The van der Waals surface area contributed by atoms with Crippen molar-refractivity contribution in [1.29, 1.82) is 0 Å². The number of benzene rings is 1. The third-order valence-electron chi connectivity index (χ3n) is 8.05. The zero-order chi connectivity index (χ0) is 17.4. The Balaban J connectivity index is 1.48. The highest BCUT2D eigenvalue weighted by molar-refractivity contribution is 6.77. The standard InChI is InChI=1S/C23H33NSi/c1-15-16(2)22(21-8-6-5-7-20(15)21)25(3,4)24-23-12-17-9-18(13-23)11-19(10-17)14-23/h5-8,17-19,22,24H,9-14H2,1-4H3. The fourth-order valence-electron chi connectivity index (χ4n) is 7.70. The van der Waals surface area contributed by atoms with Gasteiger partial charge in [-0.2, -0.15) is 0 Å². The Hall–Kier alpha value is -0.863. The van der Waals surface area contributed by atoms with E-state index in [4.69, 9.17) is 0 Å². The minimum absolute atomic E-state index is 0.482. The lowest BCUT2D eigenvalue weighted by Crippen LogP contribution is -2.67. The van der Waals surface area contributed by atoms with Crippen molar-refractivity contribution in [2.45, 2.75) is 76.5 Å². The molecule has 0 aromatic heterocycles. The quantitative estimate of drug-likeness (QED) is 0.671. The first-order valence-corrected chi connectivity index (χ1v) is 13.5. The predicted octanol–water partition coefficient (Wildman–Crippen LogP) is 5.88. The molecule has 4 fully saturated rings. The van der Waals surface area contributed by atoms with Crippen molar-refractivity contribution in [2.75, 3.05) is 0 Å². The first kappa shape index (κ1) is 16.3. The smallest absolute Gasteiger partial charge is 0.131 e. The molecule has 0 saturated heterocycles. The summed E-state index contributed by atoms with van der Waals surface area (Å²) in [5.41, 5.74) is 7.42. The van der Waals surface area contributed by atoms with Crippen molar-refractivity contribution >= 4 is 13.8 Å². The summed E-state index contributed by atoms with van der Waals surface area (Å²) in [7, 11) is -1.62. The van der Waals surface area contributed by atoms with Crippen molar-refractivity contribution in [3.05, 3.63) is 41.0 Å². The van der Waals surface area contributed by atoms with E-state index in [1.807, 2.05) is 0 Å². The van der Waals surface area contributed by atoms with Gasteiger partial charge in [-0.25, -0.2) is 0 Å². The van der Waals surface area contributed by atoms with E-state index in [-0.39, 0.29) is 0 Å². The number of allylic oxidation sites excluding steroid dienone is 2. The Morgan fingerprint density at radius 2 is 1.48 bits per heavy atom. The van der Waals surface area contributed by atoms with E-state index in [0.717, 1.165) is 17.8 Å². The van der Waals surface area contributed by atoms with E-state index in [9.17, 15) is 0 Å². The van der Waals surface area contributed by atoms with Gasteiger partial charge in [-0.15, -0.1) is 0 Å². The summed E-state index contributed by atoms with van der Waals surface area (Å²) in [5, 5.41) is 0. The molecule has 0 radical (unpaired) electrons. The molecule has 2 heteroatoms. The Bertz CT molecular complexity index is 709. The lowest BCUT2D eigenvalue weighted by Gasteiger charge is -2.59. The van der Waals surface area contributed by atoms with Crippen LogP contribution in [0.25, 0.3) is 5.57 Å². The van der Waals surface area contributed by atoms with E-state index in [2.05, 4.69) is 56.2 Å². The normalized spacial score (nSPS) is 39.2. The second-order valence-corrected chi connectivity index (χ2v) is 14.6. The summed E-state index contributed by atoms with van der Waals surface area (Å²) >= 11 is 0. The van der Waals surface area contributed by atoms with Gasteiger partial charge in [0.25, 0.3) is 0 Å². The molecule has 1 aromatic rings. The van der Waals surface area contributed by atoms with Crippen molar-refractivity contribution in [1.82, 2.24) is 4.98 Å². The van der Waals surface area contributed by atoms with Crippen LogP contribution in [0.15, 0.2) is 29.8 Å². The van der Waals surface area contributed by atoms with Gasteiger partial charge in [-0.05, 0) is 86.8 Å². The van der Waals surface area contributed by atoms with Gasteiger partial charge in [0.15, 0.2) is 0 Å². The predicted molar refractivity (Wildman–Crippen MR) is 109 cm³/mol. The van der Waals surface area contributed by atoms with Crippen LogP contribution < -0.4 is 4.98 Å². The minimum atomic E-state index is -1.62. The van der Waals surface area contributed by atoms with Gasteiger partial charge in [0.1, 0.15) is 8.24 Å². The van der Waals surface area contributed by atoms with Gasteiger partial charge in [-0.3, -0.25) is 0 Å². The molecule has 6 rings (SSSR count). The van der Waals surface area contributed by atoms with Crippen molar-refractivity contribution in [3.63, 3.8) is 0 Å². The summed E-state index contributed by atoms with van der Waals surface area (Å²) in [6.45, 7) is 9.95. The summed E-state index contributed by atoms with van der Waals surface area (Å²) in [5.74, 6) is 3.08. The van der Waals surface area contributed by atoms with E-state index >= 15 is 0 Å². The van der Waals surface area contributed by atoms with E-state index in [1.165, 1.54) is 49.7 Å². The van der Waals surface area contributed by atoms with Gasteiger partial charge in [0.2, 0.25) is 0 Å². The first-order chi connectivity index (χ1) is 11.9. The number of rotatable bonds is 3. The summed E-state index contributed by atoms with van der Waals surface area (Å²) in [6.07, 6.45) is 9.00. The monoisotopic (exact) mass is 351 g/mol. The average molecular weight is 352 g/mol. The molecule has 4 bridgehead atoms. The molecule has 25 heavy (non-hydrogen) atoms. The van der Waals surface area contributed by atoms with Gasteiger partial charge in [-0.1, -0.05) is 42.9 Å². The lowest BCUT2D eigenvalue weighted by atomic mass is 9.53. The third kappa shape index (κ3) is 2.44. The molecular formula is C23H33NSi. The number of fused-ring (bicyclic) bond motifs is 1. The molecule has 0 aliphatic heterocycles. The third-order valence-corrected chi connectivity index (χ3v) is 11.4. The Kier molecular flexibility index (Phi) is 3.48.